The van der Waals surface area contributed by atoms with Gasteiger partial charge in [0.25, 0.3) is 0 Å². The zero-order valence-corrected chi connectivity index (χ0v) is 19.5. The topological polar surface area (TPSA) is 83.1 Å². The van der Waals surface area contributed by atoms with Crippen LogP contribution in [0, 0.1) is 0 Å². The fourth-order valence-corrected chi connectivity index (χ4v) is 3.84. The standard InChI is InChI=1S/C25H25N7O2/c1-30-16-26-12-20(30)15-32(19-7-21(33-3)10-22(8-19)34-4)18-5-6-23-24(9-18)29-25(13-27-23)17-11-28-31(2)14-17/h5-14,16H,15H2,1-4H3. The Bertz CT molecular complexity index is 1430. The monoisotopic (exact) mass is 455 g/mol. The molecular formula is C25H25N7O2. The first kappa shape index (κ1) is 21.4. The molecule has 0 fully saturated rings. The summed E-state index contributed by atoms with van der Waals surface area (Å²) in [6, 6.07) is 11.9. The van der Waals surface area contributed by atoms with Gasteiger partial charge in [0.2, 0.25) is 0 Å². The Morgan fingerprint density at radius 3 is 2.32 bits per heavy atom. The number of fused-ring (bicyclic) bond motifs is 1. The molecule has 5 rings (SSSR count). The molecule has 34 heavy (non-hydrogen) atoms. The summed E-state index contributed by atoms with van der Waals surface area (Å²) in [5.74, 6) is 1.42. The molecule has 5 aromatic rings. The molecule has 0 saturated heterocycles. The summed E-state index contributed by atoms with van der Waals surface area (Å²) in [6.07, 6.45) is 9.16. The number of aryl methyl sites for hydroxylation is 2. The number of methoxy groups -OCH3 is 2. The predicted octanol–water partition coefficient (Wildman–Crippen LogP) is 4.12. The molecule has 0 amide bonds. The summed E-state index contributed by atoms with van der Waals surface area (Å²) >= 11 is 0. The van der Waals surface area contributed by atoms with Crippen molar-refractivity contribution in [3.8, 4) is 22.8 Å². The Morgan fingerprint density at radius 2 is 1.68 bits per heavy atom. The minimum atomic E-state index is 0.591. The van der Waals surface area contributed by atoms with E-state index < -0.39 is 0 Å². The Kier molecular flexibility index (Phi) is 5.59. The Balaban J connectivity index is 1.63. The molecule has 9 heteroatoms. The minimum absolute atomic E-state index is 0.591. The van der Waals surface area contributed by atoms with Crippen molar-refractivity contribution in [2.75, 3.05) is 19.1 Å². The summed E-state index contributed by atoms with van der Waals surface area (Å²) < 4.78 is 14.8. The van der Waals surface area contributed by atoms with E-state index in [-0.39, 0.29) is 0 Å². The van der Waals surface area contributed by atoms with E-state index in [2.05, 4.69) is 20.0 Å². The number of benzene rings is 2. The van der Waals surface area contributed by atoms with Gasteiger partial charge < -0.3 is 18.9 Å². The third-order valence-corrected chi connectivity index (χ3v) is 5.72. The Morgan fingerprint density at radius 1 is 0.882 bits per heavy atom. The maximum atomic E-state index is 5.52. The third-order valence-electron chi connectivity index (χ3n) is 5.72. The summed E-state index contributed by atoms with van der Waals surface area (Å²) in [4.78, 5) is 15.9. The number of nitrogens with zero attached hydrogens (tertiary/aromatic N) is 7. The molecule has 2 aromatic carbocycles. The van der Waals surface area contributed by atoms with Gasteiger partial charge in [0, 0.05) is 61.6 Å². The molecular weight excluding hydrogens is 430 g/mol. The average molecular weight is 456 g/mol. The molecule has 0 atom stereocenters. The van der Waals surface area contributed by atoms with Crippen molar-refractivity contribution >= 4 is 22.4 Å². The van der Waals surface area contributed by atoms with Crippen molar-refractivity contribution < 1.29 is 9.47 Å². The van der Waals surface area contributed by atoms with Crippen molar-refractivity contribution in [3.63, 3.8) is 0 Å². The molecule has 0 bridgehead atoms. The zero-order chi connectivity index (χ0) is 23.7. The van der Waals surface area contributed by atoms with Crippen molar-refractivity contribution in [2.24, 2.45) is 14.1 Å². The van der Waals surface area contributed by atoms with Crippen LogP contribution in [0.5, 0.6) is 11.5 Å². The predicted molar refractivity (Wildman–Crippen MR) is 130 cm³/mol. The molecule has 0 radical (unpaired) electrons. The quantitative estimate of drug-likeness (QED) is 0.365. The molecule has 0 aliphatic carbocycles. The van der Waals surface area contributed by atoms with Crippen LogP contribution in [0.25, 0.3) is 22.3 Å². The summed E-state index contributed by atoms with van der Waals surface area (Å²) in [5, 5.41) is 4.25. The summed E-state index contributed by atoms with van der Waals surface area (Å²) in [5.41, 5.74) is 6.25. The Hall–Kier alpha value is -4.40. The van der Waals surface area contributed by atoms with Crippen LogP contribution in [-0.2, 0) is 20.6 Å². The second kappa shape index (κ2) is 8.86. The van der Waals surface area contributed by atoms with Gasteiger partial charge in [0.15, 0.2) is 0 Å². The van der Waals surface area contributed by atoms with Crippen molar-refractivity contribution in [3.05, 3.63) is 73.2 Å². The minimum Gasteiger partial charge on any atom is -0.497 e. The van der Waals surface area contributed by atoms with Gasteiger partial charge in [0.05, 0.1) is 61.9 Å². The van der Waals surface area contributed by atoms with Gasteiger partial charge >= 0.3 is 0 Å². The van der Waals surface area contributed by atoms with Crippen LogP contribution in [0.4, 0.5) is 11.4 Å². The molecule has 0 saturated carbocycles. The molecule has 3 heterocycles. The molecule has 0 spiro atoms. The van der Waals surface area contributed by atoms with Gasteiger partial charge in [-0.05, 0) is 18.2 Å². The van der Waals surface area contributed by atoms with Gasteiger partial charge in [-0.1, -0.05) is 0 Å². The SMILES string of the molecule is COc1cc(OC)cc(N(Cc2cncn2C)c2ccc3ncc(-c4cnn(C)c4)nc3c2)c1. The second-order valence-electron chi connectivity index (χ2n) is 7.98. The van der Waals surface area contributed by atoms with E-state index in [0.29, 0.717) is 18.0 Å². The highest BCUT2D eigenvalue weighted by molar-refractivity contribution is 5.82. The van der Waals surface area contributed by atoms with Gasteiger partial charge in [-0.25, -0.2) is 9.97 Å². The van der Waals surface area contributed by atoms with Gasteiger partial charge in [-0.3, -0.25) is 9.67 Å². The lowest BCUT2D eigenvalue weighted by Crippen LogP contribution is -2.18. The molecule has 0 N–H and O–H groups in total. The van der Waals surface area contributed by atoms with E-state index in [1.165, 1.54) is 0 Å². The summed E-state index contributed by atoms with van der Waals surface area (Å²) in [6.45, 7) is 0.591. The van der Waals surface area contributed by atoms with Crippen LogP contribution in [0.3, 0.4) is 0 Å². The van der Waals surface area contributed by atoms with Gasteiger partial charge in [-0.2, -0.15) is 5.10 Å². The molecule has 0 unspecified atom stereocenters. The maximum absolute atomic E-state index is 5.52. The van der Waals surface area contributed by atoms with Crippen molar-refractivity contribution in [1.82, 2.24) is 29.3 Å². The number of anilines is 2. The number of ether oxygens (including phenoxy) is 2. The fraction of sp³-hybridized carbons (Fsp3) is 0.200. The Labute approximate surface area is 197 Å². The maximum Gasteiger partial charge on any atom is 0.124 e. The van der Waals surface area contributed by atoms with E-state index in [1.807, 2.05) is 67.5 Å². The largest absolute Gasteiger partial charge is 0.497 e. The first-order valence-electron chi connectivity index (χ1n) is 10.8. The zero-order valence-electron chi connectivity index (χ0n) is 19.5. The van der Waals surface area contributed by atoms with Crippen molar-refractivity contribution in [2.45, 2.75) is 6.54 Å². The molecule has 0 aliphatic rings. The lowest BCUT2D eigenvalue weighted by Gasteiger charge is -2.26. The normalized spacial score (nSPS) is 11.1. The third kappa shape index (κ3) is 4.15. The number of aromatic nitrogens is 6. The highest BCUT2D eigenvalue weighted by Gasteiger charge is 2.16. The second-order valence-corrected chi connectivity index (χ2v) is 7.98. The van der Waals surface area contributed by atoms with E-state index in [0.717, 1.165) is 39.4 Å². The smallest absolute Gasteiger partial charge is 0.124 e. The highest BCUT2D eigenvalue weighted by Crippen LogP contribution is 2.35. The first-order chi connectivity index (χ1) is 16.5. The van der Waals surface area contributed by atoms with E-state index in [9.17, 15) is 0 Å². The first-order valence-corrected chi connectivity index (χ1v) is 10.8. The van der Waals surface area contributed by atoms with Crippen LogP contribution in [0.1, 0.15) is 5.69 Å². The number of rotatable bonds is 7. The average Bonchev–Trinajstić information content (AvgIpc) is 3.49. The van der Waals surface area contributed by atoms with E-state index in [1.54, 1.807) is 37.6 Å². The van der Waals surface area contributed by atoms with Crippen LogP contribution in [0.2, 0.25) is 0 Å². The van der Waals surface area contributed by atoms with Crippen LogP contribution in [-0.4, -0.2) is 43.5 Å². The highest BCUT2D eigenvalue weighted by atomic mass is 16.5. The van der Waals surface area contributed by atoms with E-state index >= 15 is 0 Å². The fourth-order valence-electron chi connectivity index (χ4n) is 3.84. The number of imidazole rings is 1. The van der Waals surface area contributed by atoms with Crippen molar-refractivity contribution in [1.29, 1.82) is 0 Å². The van der Waals surface area contributed by atoms with Gasteiger partial charge in [-0.15, -0.1) is 0 Å². The molecule has 3 aromatic heterocycles. The summed E-state index contributed by atoms with van der Waals surface area (Å²) in [7, 11) is 7.17. The number of hydrogen-bond acceptors (Lipinski definition) is 7. The lowest BCUT2D eigenvalue weighted by molar-refractivity contribution is 0.394. The van der Waals surface area contributed by atoms with Crippen LogP contribution in [0.15, 0.2) is 67.5 Å². The molecule has 9 nitrogen and oxygen atoms in total. The lowest BCUT2D eigenvalue weighted by atomic mass is 10.1. The van der Waals surface area contributed by atoms with E-state index in [4.69, 9.17) is 14.5 Å². The van der Waals surface area contributed by atoms with Crippen LogP contribution >= 0.6 is 0 Å². The van der Waals surface area contributed by atoms with Gasteiger partial charge in [0.1, 0.15) is 11.5 Å². The number of hydrogen-bond donors (Lipinski definition) is 0. The molecule has 172 valence electrons. The van der Waals surface area contributed by atoms with Crippen LogP contribution < -0.4 is 14.4 Å². The molecule has 0 aliphatic heterocycles.